The SMILES string of the molecule is CC(N)=NCc1ccc(F)cc1. The lowest BCUT2D eigenvalue weighted by Crippen LogP contribution is -2.05. The van der Waals surface area contributed by atoms with Gasteiger partial charge in [0.2, 0.25) is 0 Å². The highest BCUT2D eigenvalue weighted by molar-refractivity contribution is 5.77. The van der Waals surface area contributed by atoms with Gasteiger partial charge < -0.3 is 5.73 Å². The minimum absolute atomic E-state index is 0.229. The summed E-state index contributed by atoms with van der Waals surface area (Å²) < 4.78 is 12.4. The Morgan fingerprint density at radius 2 is 2.00 bits per heavy atom. The largest absolute Gasteiger partial charge is 0.388 e. The number of nitrogens with zero attached hydrogens (tertiary/aromatic N) is 1. The molecule has 0 spiro atoms. The third kappa shape index (κ3) is 2.70. The predicted molar refractivity (Wildman–Crippen MR) is 47.4 cm³/mol. The maximum absolute atomic E-state index is 12.4. The van der Waals surface area contributed by atoms with Crippen LogP contribution in [-0.4, -0.2) is 5.84 Å². The van der Waals surface area contributed by atoms with Crippen LogP contribution in [-0.2, 0) is 6.54 Å². The molecule has 0 aliphatic rings. The van der Waals surface area contributed by atoms with Crippen LogP contribution in [0.2, 0.25) is 0 Å². The van der Waals surface area contributed by atoms with E-state index >= 15 is 0 Å². The molecule has 1 aromatic carbocycles. The summed E-state index contributed by atoms with van der Waals surface area (Å²) in [7, 11) is 0. The van der Waals surface area contributed by atoms with E-state index in [0.717, 1.165) is 5.56 Å². The lowest BCUT2D eigenvalue weighted by atomic mass is 10.2. The summed E-state index contributed by atoms with van der Waals surface area (Å²) in [5.74, 6) is 0.312. The summed E-state index contributed by atoms with van der Waals surface area (Å²) >= 11 is 0. The molecule has 1 aromatic rings. The quantitative estimate of drug-likeness (QED) is 0.527. The molecule has 2 N–H and O–H groups in total. The van der Waals surface area contributed by atoms with Crippen LogP contribution in [0.25, 0.3) is 0 Å². The van der Waals surface area contributed by atoms with Gasteiger partial charge in [-0.1, -0.05) is 12.1 Å². The van der Waals surface area contributed by atoms with Gasteiger partial charge in [-0.2, -0.15) is 0 Å². The molecule has 0 bridgehead atoms. The molecule has 1 rings (SSSR count). The van der Waals surface area contributed by atoms with Gasteiger partial charge in [-0.15, -0.1) is 0 Å². The van der Waals surface area contributed by atoms with E-state index in [0.29, 0.717) is 12.4 Å². The van der Waals surface area contributed by atoms with Crippen molar-refractivity contribution in [3.63, 3.8) is 0 Å². The third-order valence-corrected chi connectivity index (χ3v) is 1.42. The fraction of sp³-hybridized carbons (Fsp3) is 0.222. The minimum Gasteiger partial charge on any atom is -0.388 e. The molecular weight excluding hydrogens is 155 g/mol. The summed E-state index contributed by atoms with van der Waals surface area (Å²) in [5.41, 5.74) is 6.31. The van der Waals surface area contributed by atoms with Gasteiger partial charge in [0.25, 0.3) is 0 Å². The van der Waals surface area contributed by atoms with E-state index in [4.69, 9.17) is 5.73 Å². The van der Waals surface area contributed by atoms with Crippen molar-refractivity contribution in [3.05, 3.63) is 35.6 Å². The second-order valence-corrected chi connectivity index (χ2v) is 2.58. The summed E-state index contributed by atoms with van der Waals surface area (Å²) in [6.07, 6.45) is 0. The zero-order valence-corrected chi connectivity index (χ0v) is 6.92. The second kappa shape index (κ2) is 3.85. The molecular formula is C9H11FN2. The van der Waals surface area contributed by atoms with E-state index in [1.54, 1.807) is 19.1 Å². The molecule has 64 valence electrons. The van der Waals surface area contributed by atoms with E-state index < -0.39 is 0 Å². The van der Waals surface area contributed by atoms with Crippen molar-refractivity contribution in [3.8, 4) is 0 Å². The Balaban J connectivity index is 2.65. The number of hydrogen-bond acceptors (Lipinski definition) is 1. The summed E-state index contributed by atoms with van der Waals surface area (Å²) in [6.45, 7) is 2.24. The van der Waals surface area contributed by atoms with Crippen LogP contribution in [0.15, 0.2) is 29.3 Å². The predicted octanol–water partition coefficient (Wildman–Crippen LogP) is 1.70. The number of halogens is 1. The van der Waals surface area contributed by atoms with Crippen molar-refractivity contribution < 1.29 is 4.39 Å². The van der Waals surface area contributed by atoms with Gasteiger partial charge in [0.05, 0.1) is 12.4 Å². The van der Waals surface area contributed by atoms with Crippen LogP contribution in [0.3, 0.4) is 0 Å². The Hall–Kier alpha value is -1.38. The molecule has 0 unspecified atom stereocenters. The molecule has 0 heterocycles. The molecule has 0 amide bonds. The van der Waals surface area contributed by atoms with Crippen LogP contribution in [0.4, 0.5) is 4.39 Å². The smallest absolute Gasteiger partial charge is 0.123 e. The number of rotatable bonds is 2. The van der Waals surface area contributed by atoms with Crippen LogP contribution < -0.4 is 5.73 Å². The highest BCUT2D eigenvalue weighted by atomic mass is 19.1. The van der Waals surface area contributed by atoms with Crippen LogP contribution in [0.5, 0.6) is 0 Å². The molecule has 2 nitrogen and oxygen atoms in total. The first-order valence-corrected chi connectivity index (χ1v) is 3.69. The molecule has 3 heteroatoms. The molecule has 0 saturated carbocycles. The van der Waals surface area contributed by atoms with E-state index in [1.807, 2.05) is 0 Å². The second-order valence-electron chi connectivity index (χ2n) is 2.58. The Morgan fingerprint density at radius 3 is 2.50 bits per heavy atom. The van der Waals surface area contributed by atoms with Crippen molar-refractivity contribution in [2.75, 3.05) is 0 Å². The Labute approximate surface area is 70.9 Å². The average Bonchev–Trinajstić information content (AvgIpc) is 2.03. The zero-order chi connectivity index (χ0) is 8.97. The standard InChI is InChI=1S/C9H11FN2/c1-7(11)12-6-8-2-4-9(10)5-3-8/h2-5H,6H2,1H3,(H2,11,12). The third-order valence-electron chi connectivity index (χ3n) is 1.42. The van der Waals surface area contributed by atoms with E-state index in [-0.39, 0.29) is 5.82 Å². The number of nitrogens with two attached hydrogens (primary N) is 1. The summed E-state index contributed by atoms with van der Waals surface area (Å²) in [4.78, 5) is 4.00. The topological polar surface area (TPSA) is 38.4 Å². The minimum atomic E-state index is -0.229. The van der Waals surface area contributed by atoms with Gasteiger partial charge in [-0.05, 0) is 24.6 Å². The van der Waals surface area contributed by atoms with Crippen molar-refractivity contribution in [1.29, 1.82) is 0 Å². The zero-order valence-electron chi connectivity index (χ0n) is 6.92. The van der Waals surface area contributed by atoms with Gasteiger partial charge >= 0.3 is 0 Å². The van der Waals surface area contributed by atoms with Gasteiger partial charge in [0.15, 0.2) is 0 Å². The van der Waals surface area contributed by atoms with Crippen molar-refractivity contribution >= 4 is 5.84 Å². The highest BCUT2D eigenvalue weighted by Gasteiger charge is 1.91. The fourth-order valence-corrected chi connectivity index (χ4v) is 0.806. The van der Waals surface area contributed by atoms with Crippen molar-refractivity contribution in [2.45, 2.75) is 13.5 Å². The van der Waals surface area contributed by atoms with Crippen molar-refractivity contribution in [2.24, 2.45) is 10.7 Å². The monoisotopic (exact) mass is 166 g/mol. The summed E-state index contributed by atoms with van der Waals surface area (Å²) in [5, 5.41) is 0. The highest BCUT2D eigenvalue weighted by Crippen LogP contribution is 2.03. The first-order chi connectivity index (χ1) is 5.68. The molecule has 0 atom stereocenters. The molecule has 0 aliphatic carbocycles. The van der Waals surface area contributed by atoms with E-state index in [2.05, 4.69) is 4.99 Å². The molecule has 0 aromatic heterocycles. The van der Waals surface area contributed by atoms with E-state index in [1.165, 1.54) is 12.1 Å². The Morgan fingerprint density at radius 1 is 1.42 bits per heavy atom. The van der Waals surface area contributed by atoms with Crippen molar-refractivity contribution in [1.82, 2.24) is 0 Å². The normalized spacial score (nSPS) is 11.7. The first-order valence-electron chi connectivity index (χ1n) is 3.69. The van der Waals surface area contributed by atoms with Gasteiger partial charge in [0.1, 0.15) is 5.82 Å². The molecule has 0 radical (unpaired) electrons. The molecule has 12 heavy (non-hydrogen) atoms. The first kappa shape index (κ1) is 8.71. The number of aliphatic imine (C=N–C) groups is 1. The van der Waals surface area contributed by atoms with Crippen LogP contribution >= 0.6 is 0 Å². The number of benzene rings is 1. The average molecular weight is 166 g/mol. The Bertz CT molecular complexity index is 273. The number of hydrogen-bond donors (Lipinski definition) is 1. The maximum Gasteiger partial charge on any atom is 0.123 e. The van der Waals surface area contributed by atoms with Crippen LogP contribution in [0.1, 0.15) is 12.5 Å². The molecule has 0 saturated heterocycles. The lowest BCUT2D eigenvalue weighted by molar-refractivity contribution is 0.627. The van der Waals surface area contributed by atoms with Gasteiger partial charge in [-0.25, -0.2) is 4.39 Å². The summed E-state index contributed by atoms with van der Waals surface area (Å²) in [6, 6.07) is 6.22. The Kier molecular flexibility index (Phi) is 2.80. The number of amidine groups is 1. The van der Waals surface area contributed by atoms with E-state index in [9.17, 15) is 4.39 Å². The lowest BCUT2D eigenvalue weighted by Gasteiger charge is -1.96. The maximum atomic E-state index is 12.4. The molecule has 0 fully saturated rings. The van der Waals surface area contributed by atoms with Gasteiger partial charge in [-0.3, -0.25) is 4.99 Å². The fourth-order valence-electron chi connectivity index (χ4n) is 0.806. The van der Waals surface area contributed by atoms with Crippen LogP contribution in [0, 0.1) is 5.82 Å². The van der Waals surface area contributed by atoms with Gasteiger partial charge in [0, 0.05) is 0 Å². The molecule has 0 aliphatic heterocycles.